The fourth-order valence-corrected chi connectivity index (χ4v) is 4.09. The van der Waals surface area contributed by atoms with Crippen LogP contribution in [0.1, 0.15) is 37.0 Å². The van der Waals surface area contributed by atoms with Gasteiger partial charge in [-0.15, -0.1) is 0 Å². The number of aromatic nitrogens is 2. The molecule has 1 aromatic carbocycles. The Hall–Kier alpha value is -2.95. The number of ether oxygens (including phenoxy) is 1. The van der Waals surface area contributed by atoms with Crippen LogP contribution >= 0.6 is 0 Å². The highest BCUT2D eigenvalue weighted by molar-refractivity contribution is 5.87. The third kappa shape index (κ3) is 1.83. The standard InChI is InChI=1S/C21H18N2O3/c1-3-21(2)15-9-17-18-13(8-12-6-4-5-7-16(12)22-18)10-23(17)19(24)14(15)11-26-20(21)25/h4-9H,3,10-11H2,1-2H3. The lowest BCUT2D eigenvalue weighted by atomic mass is 9.76. The molecule has 1 unspecified atom stereocenters. The van der Waals surface area contributed by atoms with Gasteiger partial charge < -0.3 is 9.30 Å². The van der Waals surface area contributed by atoms with Crippen LogP contribution in [0, 0.1) is 0 Å². The van der Waals surface area contributed by atoms with Gasteiger partial charge in [-0.3, -0.25) is 9.59 Å². The van der Waals surface area contributed by atoms with E-state index in [9.17, 15) is 9.59 Å². The van der Waals surface area contributed by atoms with E-state index in [1.54, 1.807) is 4.57 Å². The number of carbonyl (C=O) groups excluding carboxylic acids is 1. The van der Waals surface area contributed by atoms with Gasteiger partial charge in [-0.05, 0) is 37.1 Å². The van der Waals surface area contributed by atoms with Crippen molar-refractivity contribution in [1.29, 1.82) is 0 Å². The number of fused-ring (bicyclic) bond motifs is 5. The molecule has 3 aromatic rings. The van der Waals surface area contributed by atoms with Crippen molar-refractivity contribution in [3.63, 3.8) is 0 Å². The second kappa shape index (κ2) is 5.04. The zero-order valence-electron chi connectivity index (χ0n) is 14.7. The summed E-state index contributed by atoms with van der Waals surface area (Å²) in [4.78, 5) is 30.3. The second-order valence-electron chi connectivity index (χ2n) is 7.26. The Morgan fingerprint density at radius 2 is 2.04 bits per heavy atom. The lowest BCUT2D eigenvalue weighted by Crippen LogP contribution is -2.42. The lowest BCUT2D eigenvalue weighted by molar-refractivity contribution is -0.153. The van der Waals surface area contributed by atoms with Crippen molar-refractivity contribution in [1.82, 2.24) is 9.55 Å². The fraction of sp³-hybridized carbons (Fsp3) is 0.286. The molecule has 0 radical (unpaired) electrons. The number of rotatable bonds is 1. The van der Waals surface area contributed by atoms with E-state index in [4.69, 9.17) is 9.72 Å². The highest BCUT2D eigenvalue weighted by Crippen LogP contribution is 2.39. The van der Waals surface area contributed by atoms with Crippen LogP contribution in [-0.4, -0.2) is 15.5 Å². The Labute approximate surface area is 150 Å². The van der Waals surface area contributed by atoms with Gasteiger partial charge in [0, 0.05) is 10.9 Å². The first kappa shape index (κ1) is 15.3. The zero-order valence-corrected chi connectivity index (χ0v) is 14.7. The third-order valence-electron chi connectivity index (χ3n) is 5.87. The van der Waals surface area contributed by atoms with Crippen molar-refractivity contribution in [3.8, 4) is 11.4 Å². The van der Waals surface area contributed by atoms with Crippen molar-refractivity contribution in [2.75, 3.05) is 0 Å². The monoisotopic (exact) mass is 346 g/mol. The summed E-state index contributed by atoms with van der Waals surface area (Å²) in [5.74, 6) is -0.262. The van der Waals surface area contributed by atoms with E-state index >= 15 is 0 Å². The van der Waals surface area contributed by atoms with Crippen LogP contribution in [0.5, 0.6) is 0 Å². The van der Waals surface area contributed by atoms with E-state index in [0.29, 0.717) is 18.5 Å². The predicted octanol–water partition coefficient (Wildman–Crippen LogP) is 3.15. The molecule has 0 saturated heterocycles. The summed E-state index contributed by atoms with van der Waals surface area (Å²) in [6.45, 7) is 4.36. The number of benzene rings is 1. The van der Waals surface area contributed by atoms with Gasteiger partial charge in [0.05, 0.1) is 34.4 Å². The molecule has 1 atom stereocenters. The number of pyridine rings is 2. The Morgan fingerprint density at radius 1 is 1.23 bits per heavy atom. The number of hydrogen-bond acceptors (Lipinski definition) is 4. The molecule has 0 bridgehead atoms. The van der Waals surface area contributed by atoms with Gasteiger partial charge in [-0.25, -0.2) is 4.98 Å². The van der Waals surface area contributed by atoms with E-state index in [1.165, 1.54) is 0 Å². The Balaban J connectivity index is 1.81. The minimum absolute atomic E-state index is 0.0502. The number of hydrogen-bond donors (Lipinski definition) is 0. The summed E-state index contributed by atoms with van der Waals surface area (Å²) in [6.07, 6.45) is 0.583. The summed E-state index contributed by atoms with van der Waals surface area (Å²) in [6, 6.07) is 12.0. The quantitative estimate of drug-likeness (QED) is 0.497. The molecule has 130 valence electrons. The van der Waals surface area contributed by atoms with E-state index in [0.717, 1.165) is 33.4 Å². The molecule has 2 aliphatic heterocycles. The summed E-state index contributed by atoms with van der Waals surface area (Å²) < 4.78 is 7.08. The topological polar surface area (TPSA) is 61.2 Å². The van der Waals surface area contributed by atoms with Crippen molar-refractivity contribution >= 4 is 16.9 Å². The molecule has 2 aromatic heterocycles. The van der Waals surface area contributed by atoms with E-state index in [2.05, 4.69) is 6.07 Å². The molecular formula is C21H18N2O3. The maximum Gasteiger partial charge on any atom is 0.316 e. The SMILES string of the molecule is CCC1(C)C(=O)OCc2c1cc1n(c2=O)Cc2cc3ccccc3nc2-1. The maximum absolute atomic E-state index is 13.1. The number of carbonyl (C=O) groups is 1. The van der Waals surface area contributed by atoms with Crippen LogP contribution in [0.15, 0.2) is 41.2 Å². The number of esters is 1. The minimum atomic E-state index is -0.790. The first-order valence-corrected chi connectivity index (χ1v) is 8.86. The first-order chi connectivity index (χ1) is 12.5. The first-order valence-electron chi connectivity index (χ1n) is 8.86. The van der Waals surface area contributed by atoms with Crippen LogP contribution in [0.2, 0.25) is 0 Å². The molecule has 0 N–H and O–H groups in total. The van der Waals surface area contributed by atoms with Gasteiger partial charge in [-0.1, -0.05) is 25.1 Å². The lowest BCUT2D eigenvalue weighted by Gasteiger charge is -2.33. The molecule has 0 saturated carbocycles. The van der Waals surface area contributed by atoms with Gasteiger partial charge >= 0.3 is 5.97 Å². The zero-order chi connectivity index (χ0) is 18.1. The third-order valence-corrected chi connectivity index (χ3v) is 5.87. The van der Waals surface area contributed by atoms with Crippen LogP contribution in [0.4, 0.5) is 0 Å². The molecule has 26 heavy (non-hydrogen) atoms. The van der Waals surface area contributed by atoms with Crippen LogP contribution in [0.25, 0.3) is 22.3 Å². The van der Waals surface area contributed by atoms with E-state index < -0.39 is 5.41 Å². The average Bonchev–Trinajstić information content (AvgIpc) is 3.01. The summed E-state index contributed by atoms with van der Waals surface area (Å²) in [5, 5.41) is 1.06. The number of para-hydroxylation sites is 1. The molecule has 5 nitrogen and oxygen atoms in total. The molecular weight excluding hydrogens is 328 g/mol. The van der Waals surface area contributed by atoms with E-state index in [1.807, 2.05) is 44.2 Å². The highest BCUT2D eigenvalue weighted by Gasteiger charge is 2.43. The average molecular weight is 346 g/mol. The van der Waals surface area contributed by atoms with Crippen LogP contribution in [-0.2, 0) is 28.1 Å². The van der Waals surface area contributed by atoms with Gasteiger partial charge in [0.2, 0.25) is 0 Å². The maximum atomic E-state index is 13.1. The van der Waals surface area contributed by atoms with Crippen molar-refractivity contribution in [2.45, 2.75) is 38.8 Å². The van der Waals surface area contributed by atoms with Crippen molar-refractivity contribution < 1.29 is 9.53 Å². The molecule has 0 amide bonds. The van der Waals surface area contributed by atoms with Gasteiger partial charge in [0.1, 0.15) is 6.61 Å². The molecule has 0 spiro atoms. The number of cyclic esters (lactones) is 1. The fourth-order valence-electron chi connectivity index (χ4n) is 4.09. The molecule has 4 heterocycles. The van der Waals surface area contributed by atoms with Gasteiger partial charge in [0.25, 0.3) is 5.56 Å². The molecule has 0 aliphatic carbocycles. The summed E-state index contributed by atoms with van der Waals surface area (Å²) >= 11 is 0. The van der Waals surface area contributed by atoms with Crippen molar-refractivity contribution in [3.05, 3.63) is 63.4 Å². The summed E-state index contributed by atoms with van der Waals surface area (Å²) in [7, 11) is 0. The van der Waals surface area contributed by atoms with Gasteiger partial charge in [-0.2, -0.15) is 0 Å². The number of nitrogens with zero attached hydrogens (tertiary/aromatic N) is 2. The molecule has 2 aliphatic rings. The Kier molecular flexibility index (Phi) is 2.97. The van der Waals surface area contributed by atoms with Crippen molar-refractivity contribution in [2.24, 2.45) is 0 Å². The van der Waals surface area contributed by atoms with E-state index in [-0.39, 0.29) is 18.1 Å². The predicted molar refractivity (Wildman–Crippen MR) is 98.0 cm³/mol. The molecule has 5 heteroatoms. The Bertz CT molecular complexity index is 1160. The van der Waals surface area contributed by atoms with Crippen LogP contribution < -0.4 is 5.56 Å². The normalized spacial score (nSPS) is 20.5. The smallest absolute Gasteiger partial charge is 0.316 e. The Morgan fingerprint density at radius 3 is 2.85 bits per heavy atom. The van der Waals surface area contributed by atoms with Crippen LogP contribution in [0.3, 0.4) is 0 Å². The molecule has 5 rings (SSSR count). The highest BCUT2D eigenvalue weighted by atomic mass is 16.5. The van der Waals surface area contributed by atoms with Gasteiger partial charge in [0.15, 0.2) is 0 Å². The largest absolute Gasteiger partial charge is 0.460 e. The minimum Gasteiger partial charge on any atom is -0.460 e. The molecule has 0 fully saturated rings. The second-order valence-corrected chi connectivity index (χ2v) is 7.26. The summed E-state index contributed by atoms with van der Waals surface area (Å²) in [5.41, 5.74) is 4.08.